The lowest BCUT2D eigenvalue weighted by Crippen LogP contribution is -2.35. The van der Waals surface area contributed by atoms with Crippen LogP contribution in [0.2, 0.25) is 0 Å². The Morgan fingerprint density at radius 2 is 1.83 bits per heavy atom. The Morgan fingerprint density at radius 1 is 1.03 bits per heavy atom. The second kappa shape index (κ2) is 9.55. The number of carbonyl (C=O) groups excluding carboxylic acids is 2. The summed E-state index contributed by atoms with van der Waals surface area (Å²) in [5, 5.41) is 4.64. The van der Waals surface area contributed by atoms with E-state index < -0.39 is 0 Å². The van der Waals surface area contributed by atoms with Crippen LogP contribution in [0.3, 0.4) is 0 Å². The number of hydrogen-bond donors (Lipinski definition) is 1. The molecule has 1 N–H and O–H groups in total. The minimum absolute atomic E-state index is 0.267. The van der Waals surface area contributed by atoms with Gasteiger partial charge in [0.15, 0.2) is 11.5 Å². The quantitative estimate of drug-likeness (QED) is 0.386. The van der Waals surface area contributed by atoms with Crippen LogP contribution < -0.4 is 14.8 Å². The van der Waals surface area contributed by atoms with Gasteiger partial charge in [0.05, 0.1) is 38.1 Å². The largest absolute Gasteiger partial charge is 0.493 e. The first-order valence-electron chi connectivity index (χ1n) is 10.9. The third kappa shape index (κ3) is 4.30. The van der Waals surface area contributed by atoms with Crippen molar-refractivity contribution in [2.45, 2.75) is 13.0 Å². The Labute approximate surface area is 210 Å². The molecule has 0 aliphatic carbocycles. The van der Waals surface area contributed by atoms with Gasteiger partial charge in [-0.25, -0.2) is 9.78 Å². The first-order chi connectivity index (χ1) is 17.0. The van der Waals surface area contributed by atoms with Crippen LogP contribution in [-0.4, -0.2) is 49.8 Å². The molecule has 0 radical (unpaired) electrons. The standard InChI is InChI=1S/C25H23N3O5S2/c1-31-17-9-8-14(12-18(17)32-2)22(29)27-24-21(23-26-16-6-4-5-7-19(16)34-23)15-10-11-28(25(30)33-3)13-20(15)35-24/h4-9,12H,10-11,13H2,1-3H3,(H,27,29). The van der Waals surface area contributed by atoms with Gasteiger partial charge in [-0.05, 0) is 42.3 Å². The van der Waals surface area contributed by atoms with Crippen LogP contribution in [0.1, 0.15) is 20.8 Å². The van der Waals surface area contributed by atoms with Crippen LogP contribution in [0.25, 0.3) is 20.8 Å². The molecule has 2 amide bonds. The maximum absolute atomic E-state index is 13.3. The molecule has 3 heterocycles. The lowest BCUT2D eigenvalue weighted by Gasteiger charge is -2.25. The van der Waals surface area contributed by atoms with Gasteiger partial charge >= 0.3 is 6.09 Å². The lowest BCUT2D eigenvalue weighted by atomic mass is 10.0. The zero-order valence-corrected chi connectivity index (χ0v) is 21.0. The molecule has 35 heavy (non-hydrogen) atoms. The molecule has 1 aliphatic heterocycles. The first kappa shape index (κ1) is 23.1. The van der Waals surface area contributed by atoms with Crippen LogP contribution >= 0.6 is 22.7 Å². The Morgan fingerprint density at radius 3 is 2.57 bits per heavy atom. The topological polar surface area (TPSA) is 90.0 Å². The monoisotopic (exact) mass is 509 g/mol. The van der Waals surface area contributed by atoms with Crippen LogP contribution in [0.4, 0.5) is 9.80 Å². The van der Waals surface area contributed by atoms with Crippen molar-refractivity contribution in [3.8, 4) is 22.1 Å². The SMILES string of the molecule is COC(=O)N1CCc2c(sc(NC(=O)c3ccc(OC)c(OC)c3)c2-c2nc3ccccc3s2)C1. The lowest BCUT2D eigenvalue weighted by molar-refractivity contribution is 0.102. The number of methoxy groups -OCH3 is 3. The van der Waals surface area contributed by atoms with Gasteiger partial charge in [-0.2, -0.15) is 0 Å². The summed E-state index contributed by atoms with van der Waals surface area (Å²) in [7, 11) is 4.47. The number of hydrogen-bond acceptors (Lipinski definition) is 8. The summed E-state index contributed by atoms with van der Waals surface area (Å²) < 4.78 is 16.6. The molecule has 4 aromatic rings. The molecule has 2 aromatic heterocycles. The van der Waals surface area contributed by atoms with Gasteiger partial charge < -0.3 is 24.4 Å². The van der Waals surface area contributed by atoms with E-state index in [2.05, 4.69) is 5.32 Å². The van der Waals surface area contributed by atoms with E-state index in [1.54, 1.807) is 41.5 Å². The number of nitrogens with zero attached hydrogens (tertiary/aromatic N) is 2. The molecule has 2 aromatic carbocycles. The van der Waals surface area contributed by atoms with Crippen molar-refractivity contribution < 1.29 is 23.8 Å². The van der Waals surface area contributed by atoms with E-state index in [0.29, 0.717) is 41.6 Å². The van der Waals surface area contributed by atoms with E-state index in [-0.39, 0.29) is 12.0 Å². The molecule has 1 aliphatic rings. The number of fused-ring (bicyclic) bond motifs is 2. The van der Waals surface area contributed by atoms with Crippen molar-refractivity contribution in [3.05, 3.63) is 58.5 Å². The Hall–Kier alpha value is -3.63. The summed E-state index contributed by atoms with van der Waals surface area (Å²) in [5.41, 5.74) is 3.39. The molecule has 0 fully saturated rings. The molecule has 0 spiro atoms. The van der Waals surface area contributed by atoms with Crippen molar-refractivity contribution in [3.63, 3.8) is 0 Å². The normalized spacial score (nSPS) is 12.8. The van der Waals surface area contributed by atoms with E-state index in [9.17, 15) is 9.59 Å². The number of anilines is 1. The first-order valence-corrected chi connectivity index (χ1v) is 12.5. The maximum Gasteiger partial charge on any atom is 0.409 e. The number of para-hydroxylation sites is 1. The molecular weight excluding hydrogens is 486 g/mol. The highest BCUT2D eigenvalue weighted by Crippen LogP contribution is 2.46. The summed E-state index contributed by atoms with van der Waals surface area (Å²) in [5.74, 6) is 0.760. The fourth-order valence-electron chi connectivity index (χ4n) is 4.13. The molecule has 0 atom stereocenters. The Bertz CT molecular complexity index is 1390. The predicted molar refractivity (Wildman–Crippen MR) is 137 cm³/mol. The molecule has 5 rings (SSSR count). The number of ether oxygens (including phenoxy) is 3. The van der Waals surface area contributed by atoms with Crippen molar-refractivity contribution in [2.75, 3.05) is 33.2 Å². The number of amides is 2. The molecule has 0 bridgehead atoms. The summed E-state index contributed by atoms with van der Waals surface area (Å²) in [4.78, 5) is 32.9. The van der Waals surface area contributed by atoms with Crippen molar-refractivity contribution in [1.82, 2.24) is 9.88 Å². The minimum atomic E-state index is -0.360. The second-order valence-corrected chi connectivity index (χ2v) is 10.00. The fraction of sp³-hybridized carbons (Fsp3) is 0.240. The molecule has 0 unspecified atom stereocenters. The third-order valence-electron chi connectivity index (χ3n) is 5.87. The molecule has 0 saturated carbocycles. The molecular formula is C25H23N3O5S2. The summed E-state index contributed by atoms with van der Waals surface area (Å²) >= 11 is 3.06. The van der Waals surface area contributed by atoms with E-state index in [1.165, 1.54) is 25.6 Å². The van der Waals surface area contributed by atoms with Crippen molar-refractivity contribution in [1.29, 1.82) is 0 Å². The van der Waals surface area contributed by atoms with E-state index in [1.807, 2.05) is 24.3 Å². The highest BCUT2D eigenvalue weighted by molar-refractivity contribution is 7.23. The van der Waals surface area contributed by atoms with Gasteiger partial charge in [0.1, 0.15) is 10.0 Å². The highest BCUT2D eigenvalue weighted by atomic mass is 32.1. The molecule has 10 heteroatoms. The molecule has 180 valence electrons. The third-order valence-corrected chi connectivity index (χ3v) is 8.06. The smallest absolute Gasteiger partial charge is 0.409 e. The van der Waals surface area contributed by atoms with Gasteiger partial charge in [0.25, 0.3) is 5.91 Å². The number of nitrogens with one attached hydrogen (secondary N) is 1. The summed E-state index contributed by atoms with van der Waals surface area (Å²) in [6.45, 7) is 0.966. The average molecular weight is 510 g/mol. The minimum Gasteiger partial charge on any atom is -0.493 e. The summed E-state index contributed by atoms with van der Waals surface area (Å²) in [6, 6.07) is 13.0. The number of rotatable bonds is 5. The van der Waals surface area contributed by atoms with Crippen molar-refractivity contribution >= 4 is 49.9 Å². The van der Waals surface area contributed by atoms with E-state index in [4.69, 9.17) is 19.2 Å². The number of thiazole rings is 1. The fourth-order valence-corrected chi connectivity index (χ4v) is 6.50. The van der Waals surface area contributed by atoms with Gasteiger partial charge in [-0.15, -0.1) is 22.7 Å². The van der Waals surface area contributed by atoms with E-state index >= 15 is 0 Å². The maximum atomic E-state index is 13.3. The van der Waals surface area contributed by atoms with E-state index in [0.717, 1.165) is 31.2 Å². The van der Waals surface area contributed by atoms with Crippen LogP contribution in [-0.2, 0) is 17.7 Å². The zero-order chi connectivity index (χ0) is 24.5. The van der Waals surface area contributed by atoms with Gasteiger partial charge in [0.2, 0.25) is 0 Å². The predicted octanol–water partition coefficient (Wildman–Crippen LogP) is 5.42. The van der Waals surface area contributed by atoms with Crippen LogP contribution in [0.5, 0.6) is 11.5 Å². The Balaban J connectivity index is 1.55. The number of benzene rings is 2. The number of thiophene rings is 1. The number of aromatic nitrogens is 1. The summed E-state index contributed by atoms with van der Waals surface area (Å²) in [6.07, 6.45) is 0.291. The Kier molecular flexibility index (Phi) is 6.31. The average Bonchev–Trinajstić information content (AvgIpc) is 3.47. The molecule has 0 saturated heterocycles. The van der Waals surface area contributed by atoms with Gasteiger partial charge in [-0.1, -0.05) is 12.1 Å². The van der Waals surface area contributed by atoms with Crippen molar-refractivity contribution in [2.24, 2.45) is 0 Å². The number of carbonyl (C=O) groups is 2. The zero-order valence-electron chi connectivity index (χ0n) is 19.4. The highest BCUT2D eigenvalue weighted by Gasteiger charge is 2.30. The molecule has 8 nitrogen and oxygen atoms in total. The van der Waals surface area contributed by atoms with Gasteiger partial charge in [-0.3, -0.25) is 4.79 Å². The second-order valence-electron chi connectivity index (χ2n) is 7.86. The van der Waals surface area contributed by atoms with Crippen LogP contribution in [0, 0.1) is 0 Å². The van der Waals surface area contributed by atoms with Gasteiger partial charge in [0, 0.05) is 22.5 Å². The van der Waals surface area contributed by atoms with Crippen LogP contribution in [0.15, 0.2) is 42.5 Å².